The first-order chi connectivity index (χ1) is 15.7. The second-order valence-corrected chi connectivity index (χ2v) is 7.90. The summed E-state index contributed by atoms with van der Waals surface area (Å²) in [6.07, 6.45) is 1.05. The van der Waals surface area contributed by atoms with Gasteiger partial charge in [-0.2, -0.15) is 0 Å². The fourth-order valence-electron chi connectivity index (χ4n) is 3.40. The SMILES string of the molecule is CCNC(=NCc1ccc(C)cc1OCC1CCOC1)NCCNC(=O)c1ccccc1.I. The van der Waals surface area contributed by atoms with E-state index in [9.17, 15) is 4.79 Å². The Morgan fingerprint density at radius 3 is 2.64 bits per heavy atom. The van der Waals surface area contributed by atoms with Gasteiger partial charge in [0.15, 0.2) is 5.96 Å². The molecule has 33 heavy (non-hydrogen) atoms. The lowest BCUT2D eigenvalue weighted by atomic mass is 10.1. The summed E-state index contributed by atoms with van der Waals surface area (Å²) in [5, 5.41) is 9.44. The Morgan fingerprint density at radius 2 is 1.91 bits per heavy atom. The van der Waals surface area contributed by atoms with E-state index in [0.29, 0.717) is 43.7 Å². The number of hydrogen-bond donors (Lipinski definition) is 3. The molecule has 1 unspecified atom stereocenters. The third-order valence-electron chi connectivity index (χ3n) is 5.21. The van der Waals surface area contributed by atoms with Gasteiger partial charge >= 0.3 is 0 Å². The number of nitrogens with zero attached hydrogens (tertiary/aromatic N) is 1. The topological polar surface area (TPSA) is 84.0 Å². The summed E-state index contributed by atoms with van der Waals surface area (Å²) in [4.78, 5) is 16.8. The fourth-order valence-corrected chi connectivity index (χ4v) is 3.40. The lowest BCUT2D eigenvalue weighted by Gasteiger charge is -2.15. The molecule has 0 aromatic heterocycles. The largest absolute Gasteiger partial charge is 0.493 e. The van der Waals surface area contributed by atoms with E-state index >= 15 is 0 Å². The van der Waals surface area contributed by atoms with Crippen LogP contribution in [0.2, 0.25) is 0 Å². The summed E-state index contributed by atoms with van der Waals surface area (Å²) in [7, 11) is 0. The zero-order valence-corrected chi connectivity index (χ0v) is 21.8. The normalized spacial score (nSPS) is 15.5. The number of benzene rings is 2. The number of aliphatic imine (C=N–C) groups is 1. The third kappa shape index (κ3) is 9.21. The van der Waals surface area contributed by atoms with Crippen LogP contribution in [0.4, 0.5) is 0 Å². The number of guanidine groups is 1. The molecule has 0 spiro atoms. The minimum absolute atomic E-state index is 0. The Hall–Kier alpha value is -2.33. The van der Waals surface area contributed by atoms with E-state index in [1.54, 1.807) is 12.1 Å². The molecule has 0 bridgehead atoms. The number of halogens is 1. The van der Waals surface area contributed by atoms with Gasteiger partial charge in [-0.15, -0.1) is 24.0 Å². The molecule has 7 nitrogen and oxygen atoms in total. The Kier molecular flexibility index (Phi) is 12.0. The smallest absolute Gasteiger partial charge is 0.251 e. The molecule has 3 rings (SSSR count). The van der Waals surface area contributed by atoms with Gasteiger partial charge in [-0.3, -0.25) is 4.79 Å². The predicted molar refractivity (Wildman–Crippen MR) is 143 cm³/mol. The lowest BCUT2D eigenvalue weighted by molar-refractivity contribution is 0.0954. The first-order valence-corrected chi connectivity index (χ1v) is 11.3. The Balaban J connectivity index is 0.00000385. The predicted octanol–water partition coefficient (Wildman–Crippen LogP) is 3.51. The molecule has 1 fully saturated rings. The van der Waals surface area contributed by atoms with E-state index in [-0.39, 0.29) is 29.9 Å². The summed E-state index contributed by atoms with van der Waals surface area (Å²) in [6, 6.07) is 15.4. The van der Waals surface area contributed by atoms with E-state index in [1.165, 1.54) is 0 Å². The van der Waals surface area contributed by atoms with Crippen molar-refractivity contribution in [3.8, 4) is 5.75 Å². The van der Waals surface area contributed by atoms with Crippen molar-refractivity contribution in [1.82, 2.24) is 16.0 Å². The lowest BCUT2D eigenvalue weighted by Crippen LogP contribution is -2.41. The molecule has 8 heteroatoms. The molecule has 1 atom stereocenters. The van der Waals surface area contributed by atoms with Crippen LogP contribution >= 0.6 is 24.0 Å². The van der Waals surface area contributed by atoms with Gasteiger partial charge in [0.25, 0.3) is 5.91 Å². The van der Waals surface area contributed by atoms with Crippen molar-refractivity contribution in [2.24, 2.45) is 10.9 Å². The standard InChI is InChI=1S/C25H34N4O3.HI/c1-3-26-25(28-13-12-27-24(30)21-7-5-4-6-8-21)29-16-22-10-9-19(2)15-23(22)32-18-20-11-14-31-17-20;/h4-10,15,20H,3,11-14,16-18H2,1-2H3,(H,27,30)(H2,26,28,29);1H. The number of aryl methyl sites for hydroxylation is 1. The van der Waals surface area contributed by atoms with Crippen LogP contribution in [-0.4, -0.2) is 51.3 Å². The highest BCUT2D eigenvalue weighted by Gasteiger charge is 2.17. The molecular formula is C25H35IN4O3. The summed E-state index contributed by atoms with van der Waals surface area (Å²) >= 11 is 0. The molecule has 1 aliphatic heterocycles. The van der Waals surface area contributed by atoms with E-state index in [0.717, 1.165) is 43.1 Å². The maximum atomic E-state index is 12.1. The minimum atomic E-state index is -0.0801. The number of nitrogens with one attached hydrogen (secondary N) is 3. The average Bonchev–Trinajstić information content (AvgIpc) is 3.33. The molecule has 3 N–H and O–H groups in total. The maximum absolute atomic E-state index is 12.1. The molecule has 0 radical (unpaired) electrons. The second-order valence-electron chi connectivity index (χ2n) is 7.90. The number of hydrogen-bond acceptors (Lipinski definition) is 4. The Labute approximate surface area is 213 Å². The van der Waals surface area contributed by atoms with Crippen LogP contribution in [-0.2, 0) is 11.3 Å². The quantitative estimate of drug-likeness (QED) is 0.178. The van der Waals surface area contributed by atoms with Gasteiger partial charge in [-0.25, -0.2) is 4.99 Å². The van der Waals surface area contributed by atoms with E-state index in [4.69, 9.17) is 14.5 Å². The average molecular weight is 566 g/mol. The fraction of sp³-hybridized carbons (Fsp3) is 0.440. The van der Waals surface area contributed by atoms with Crippen LogP contribution in [0, 0.1) is 12.8 Å². The van der Waals surface area contributed by atoms with Gasteiger partial charge in [-0.1, -0.05) is 30.3 Å². The molecule has 1 heterocycles. The van der Waals surface area contributed by atoms with E-state index in [2.05, 4.69) is 41.1 Å². The van der Waals surface area contributed by atoms with Crippen LogP contribution < -0.4 is 20.7 Å². The van der Waals surface area contributed by atoms with Crippen LogP contribution in [0.1, 0.15) is 34.8 Å². The summed E-state index contributed by atoms with van der Waals surface area (Å²) in [6.45, 7) is 8.68. The molecule has 1 saturated heterocycles. The monoisotopic (exact) mass is 566 g/mol. The molecule has 1 aliphatic rings. The molecular weight excluding hydrogens is 531 g/mol. The summed E-state index contributed by atoms with van der Waals surface area (Å²) in [5.41, 5.74) is 2.86. The van der Waals surface area contributed by atoms with Crippen LogP contribution in [0.5, 0.6) is 5.75 Å². The first kappa shape index (κ1) is 26.9. The van der Waals surface area contributed by atoms with Crippen LogP contribution in [0.3, 0.4) is 0 Å². The molecule has 180 valence electrons. The highest BCUT2D eigenvalue weighted by molar-refractivity contribution is 14.0. The highest BCUT2D eigenvalue weighted by atomic mass is 127. The van der Waals surface area contributed by atoms with Crippen LogP contribution in [0.25, 0.3) is 0 Å². The number of carbonyl (C=O) groups is 1. The van der Waals surface area contributed by atoms with Crippen molar-refractivity contribution in [3.05, 3.63) is 65.2 Å². The second kappa shape index (κ2) is 14.7. The van der Waals surface area contributed by atoms with Crippen molar-refractivity contribution in [3.63, 3.8) is 0 Å². The van der Waals surface area contributed by atoms with Crippen molar-refractivity contribution in [1.29, 1.82) is 0 Å². The maximum Gasteiger partial charge on any atom is 0.251 e. The molecule has 2 aromatic carbocycles. The molecule has 1 amide bonds. The number of ether oxygens (including phenoxy) is 2. The summed E-state index contributed by atoms with van der Waals surface area (Å²) < 4.78 is 11.6. The van der Waals surface area contributed by atoms with Gasteiger partial charge < -0.3 is 25.4 Å². The van der Waals surface area contributed by atoms with Crippen molar-refractivity contribution in [2.45, 2.75) is 26.8 Å². The van der Waals surface area contributed by atoms with Crippen molar-refractivity contribution < 1.29 is 14.3 Å². The summed E-state index contributed by atoms with van der Waals surface area (Å²) in [5.74, 6) is 1.96. The zero-order chi connectivity index (χ0) is 22.6. The molecule has 2 aromatic rings. The van der Waals surface area contributed by atoms with Crippen molar-refractivity contribution >= 4 is 35.8 Å². The minimum Gasteiger partial charge on any atom is -0.493 e. The number of amides is 1. The molecule has 0 aliphatic carbocycles. The number of rotatable bonds is 10. The molecule has 0 saturated carbocycles. The highest BCUT2D eigenvalue weighted by Crippen LogP contribution is 2.23. The van der Waals surface area contributed by atoms with Crippen LogP contribution in [0.15, 0.2) is 53.5 Å². The van der Waals surface area contributed by atoms with Gasteiger partial charge in [-0.05, 0) is 44.0 Å². The van der Waals surface area contributed by atoms with Gasteiger partial charge in [0.2, 0.25) is 0 Å². The first-order valence-electron chi connectivity index (χ1n) is 11.3. The van der Waals surface area contributed by atoms with Gasteiger partial charge in [0.1, 0.15) is 5.75 Å². The van der Waals surface area contributed by atoms with Gasteiger partial charge in [0.05, 0.1) is 19.8 Å². The van der Waals surface area contributed by atoms with Gasteiger partial charge in [0, 0.05) is 43.3 Å². The van der Waals surface area contributed by atoms with E-state index < -0.39 is 0 Å². The zero-order valence-electron chi connectivity index (χ0n) is 19.4. The number of carbonyl (C=O) groups excluding carboxylic acids is 1. The Bertz CT molecular complexity index is 886. The van der Waals surface area contributed by atoms with E-state index in [1.807, 2.05) is 25.1 Å². The van der Waals surface area contributed by atoms with Crippen molar-refractivity contribution in [2.75, 3.05) is 39.5 Å². The third-order valence-corrected chi connectivity index (χ3v) is 5.21. The Morgan fingerprint density at radius 1 is 1.12 bits per heavy atom.